The van der Waals surface area contributed by atoms with Gasteiger partial charge in [0.25, 0.3) is 5.56 Å². The van der Waals surface area contributed by atoms with Crippen LogP contribution in [0.25, 0.3) is 0 Å². The van der Waals surface area contributed by atoms with Crippen molar-refractivity contribution in [3.05, 3.63) is 155 Å². The van der Waals surface area contributed by atoms with Crippen molar-refractivity contribution in [3.63, 3.8) is 0 Å². The van der Waals surface area contributed by atoms with Crippen molar-refractivity contribution in [2.45, 2.75) is 58.2 Å². The molecule has 1 saturated heterocycles. The van der Waals surface area contributed by atoms with Gasteiger partial charge in [0.15, 0.2) is 5.75 Å². The van der Waals surface area contributed by atoms with Crippen LogP contribution in [0, 0.1) is 12.3 Å². The topological polar surface area (TPSA) is 137 Å². The first-order valence-electron chi connectivity index (χ1n) is 18.1. The first-order chi connectivity index (χ1) is 27.6. The Labute approximate surface area is 351 Å². The van der Waals surface area contributed by atoms with Crippen LogP contribution in [0.3, 0.4) is 0 Å². The molecule has 12 nitrogen and oxygen atoms in total. The summed E-state index contributed by atoms with van der Waals surface area (Å²) in [5.41, 5.74) is -0.802. The molecule has 0 bridgehead atoms. The van der Waals surface area contributed by atoms with E-state index in [1.807, 2.05) is 78.9 Å². The molecule has 1 aliphatic rings. The molecular weight excluding hydrogens is 830 g/mol. The second kappa shape index (κ2) is 18.3. The van der Waals surface area contributed by atoms with Crippen LogP contribution >= 0.6 is 43.4 Å². The van der Waals surface area contributed by atoms with Crippen LogP contribution in [0.4, 0.5) is 0 Å². The molecule has 0 radical (unpaired) electrons. The lowest BCUT2D eigenvalue weighted by Gasteiger charge is -2.37. The van der Waals surface area contributed by atoms with Gasteiger partial charge in [0.2, 0.25) is 0 Å². The summed E-state index contributed by atoms with van der Waals surface area (Å²) in [4.78, 5) is 41.2. The molecule has 16 heteroatoms. The Morgan fingerprint density at radius 2 is 1.41 bits per heavy atom. The van der Waals surface area contributed by atoms with Gasteiger partial charge in [0.1, 0.15) is 35.5 Å². The zero-order valence-corrected chi connectivity index (χ0v) is 35.7. The highest BCUT2D eigenvalue weighted by atomic mass is 35.5. The van der Waals surface area contributed by atoms with Crippen LogP contribution in [-0.4, -0.2) is 48.6 Å². The Hall–Kier alpha value is -4.39. The number of carbonyl (C=O) groups is 1. The average molecular weight is 872 g/mol. The van der Waals surface area contributed by atoms with Crippen LogP contribution in [0.15, 0.2) is 107 Å². The highest BCUT2D eigenvalue weighted by Gasteiger charge is 2.45. The summed E-state index contributed by atoms with van der Waals surface area (Å²) < 4.78 is 44.6. The van der Waals surface area contributed by atoms with E-state index in [2.05, 4.69) is 4.98 Å². The van der Waals surface area contributed by atoms with E-state index >= 15 is 0 Å². The Bertz CT molecular complexity index is 2260. The number of hydrogen-bond acceptors (Lipinski definition) is 10. The van der Waals surface area contributed by atoms with Crippen molar-refractivity contribution >= 4 is 49.4 Å². The van der Waals surface area contributed by atoms with E-state index in [1.165, 1.54) is 22.9 Å². The molecule has 6 rings (SSSR count). The van der Waals surface area contributed by atoms with E-state index in [1.54, 1.807) is 41.9 Å². The molecule has 4 aromatic carbocycles. The number of aromatic amines is 1. The van der Waals surface area contributed by atoms with E-state index in [4.69, 9.17) is 67.3 Å². The highest BCUT2D eigenvalue weighted by molar-refractivity contribution is 7.42. The van der Waals surface area contributed by atoms with E-state index in [0.29, 0.717) is 17.1 Å². The minimum atomic E-state index is -2.58. The molecule has 0 amide bonds. The summed E-state index contributed by atoms with van der Waals surface area (Å²) in [6, 6.07) is 27.6. The van der Waals surface area contributed by atoms with Crippen LogP contribution in [0.2, 0.25) is 15.1 Å². The van der Waals surface area contributed by atoms with E-state index in [9.17, 15) is 14.4 Å². The minimum Gasteiger partial charge on any atom is -0.497 e. The lowest BCUT2D eigenvalue weighted by Crippen LogP contribution is -2.38. The number of ether oxygens (including phenoxy) is 4. The van der Waals surface area contributed by atoms with Crippen LogP contribution in [-0.2, 0) is 28.9 Å². The third-order valence-corrected chi connectivity index (χ3v) is 11.3. The predicted octanol–water partition coefficient (Wildman–Crippen LogP) is 9.40. The number of rotatable bonds is 14. The smallest absolute Gasteiger partial charge is 0.465 e. The number of methoxy groups -OCH3 is 2. The molecule has 4 atom stereocenters. The van der Waals surface area contributed by atoms with E-state index < -0.39 is 55.3 Å². The SMILES string of the molecule is COc1ccc(C(OC[C@H]2O[C@@H](n3cc(C)c(=O)[nH]c3=O)C[C@@H]2OP(OC(=O)C(C)(C)C)Oc2c(Cl)cc(Cl)cc2Cl)(c2ccccc2)c2ccc(OC)cc2)cc1. The lowest BCUT2D eigenvalue weighted by atomic mass is 9.80. The van der Waals surface area contributed by atoms with Gasteiger partial charge in [0.05, 0.1) is 36.3 Å². The molecule has 5 aromatic rings. The third-order valence-electron chi connectivity index (χ3n) is 9.39. The summed E-state index contributed by atoms with van der Waals surface area (Å²) >= 11 is 19.2. The normalized spacial score (nSPS) is 17.4. The lowest BCUT2D eigenvalue weighted by molar-refractivity contribution is -0.144. The van der Waals surface area contributed by atoms with Crippen molar-refractivity contribution in [1.82, 2.24) is 9.55 Å². The van der Waals surface area contributed by atoms with Crippen LogP contribution < -0.4 is 25.2 Å². The molecular formula is C42H42Cl3N2O10P. The Kier molecular flexibility index (Phi) is 13.6. The molecule has 306 valence electrons. The Morgan fingerprint density at radius 1 is 0.862 bits per heavy atom. The van der Waals surface area contributed by atoms with Crippen molar-refractivity contribution in [1.29, 1.82) is 0 Å². The summed E-state index contributed by atoms with van der Waals surface area (Å²) in [6.07, 6.45) is -1.36. The van der Waals surface area contributed by atoms with Crippen molar-refractivity contribution < 1.29 is 37.3 Å². The second-order valence-electron chi connectivity index (χ2n) is 14.4. The van der Waals surface area contributed by atoms with Gasteiger partial charge in [-0.3, -0.25) is 23.7 Å². The maximum Gasteiger partial charge on any atom is 0.465 e. The number of nitrogens with one attached hydrogen (secondary N) is 1. The van der Waals surface area contributed by atoms with Crippen molar-refractivity contribution in [2.24, 2.45) is 5.41 Å². The first-order valence-corrected chi connectivity index (χ1v) is 20.3. The summed E-state index contributed by atoms with van der Waals surface area (Å²) in [5, 5.41) is 0.381. The molecule has 1 aromatic heterocycles. The van der Waals surface area contributed by atoms with Gasteiger partial charge in [-0.05, 0) is 80.8 Å². The molecule has 1 aliphatic heterocycles. The number of H-pyrrole nitrogens is 1. The standard InChI is InChI=1S/C42H42Cl3N2O10P/c1-25-23-47(40(50)46-38(25)48)36-22-34(55-58(57-39(49)41(2,3)4)56-37-32(44)20-29(43)21-33(37)45)35(54-36)24-53-42(26-10-8-7-9-11-26,27-12-16-30(51-5)17-13-27)28-14-18-31(52-6)19-15-28/h7-21,23,34-36H,22,24H2,1-6H3,(H,46,48,50)/t34-,35+,36+,58?/m0/s1. The molecule has 0 aliphatic carbocycles. The fraction of sp³-hybridized carbons (Fsp3) is 0.310. The monoisotopic (exact) mass is 870 g/mol. The summed E-state index contributed by atoms with van der Waals surface area (Å²) in [6.45, 7) is 6.49. The maximum atomic E-state index is 13.4. The fourth-order valence-electron chi connectivity index (χ4n) is 6.28. The van der Waals surface area contributed by atoms with Gasteiger partial charge in [-0.15, -0.1) is 0 Å². The number of aryl methyl sites for hydroxylation is 1. The van der Waals surface area contributed by atoms with Gasteiger partial charge in [-0.2, -0.15) is 0 Å². The quantitative estimate of drug-likeness (QED) is 0.0849. The number of carbonyl (C=O) groups excluding carboxylic acids is 1. The van der Waals surface area contributed by atoms with Gasteiger partial charge >= 0.3 is 20.3 Å². The van der Waals surface area contributed by atoms with Crippen molar-refractivity contribution in [2.75, 3.05) is 20.8 Å². The summed E-state index contributed by atoms with van der Waals surface area (Å²) in [7, 11) is 0.605. The van der Waals surface area contributed by atoms with Gasteiger partial charge < -0.3 is 28.0 Å². The number of hydrogen-bond donors (Lipinski definition) is 1. The van der Waals surface area contributed by atoms with Crippen LogP contribution in [0.1, 0.15) is 55.7 Å². The Morgan fingerprint density at radius 3 is 1.95 bits per heavy atom. The van der Waals surface area contributed by atoms with E-state index in [-0.39, 0.29) is 33.8 Å². The van der Waals surface area contributed by atoms with Gasteiger partial charge in [-0.25, -0.2) is 4.79 Å². The zero-order valence-electron chi connectivity index (χ0n) is 32.5. The second-order valence-corrected chi connectivity index (χ2v) is 16.7. The van der Waals surface area contributed by atoms with Gasteiger partial charge in [0, 0.05) is 23.2 Å². The third kappa shape index (κ3) is 9.56. The molecule has 1 fully saturated rings. The minimum absolute atomic E-state index is 0.0154. The highest BCUT2D eigenvalue weighted by Crippen LogP contribution is 2.51. The first kappa shape index (κ1) is 43.2. The fourth-order valence-corrected chi connectivity index (χ4v) is 8.60. The number of benzene rings is 4. The molecule has 1 N–H and O–H groups in total. The largest absolute Gasteiger partial charge is 0.497 e. The Balaban J connectivity index is 1.44. The number of aromatic nitrogens is 2. The average Bonchev–Trinajstić information content (AvgIpc) is 3.60. The molecule has 0 spiro atoms. The van der Waals surface area contributed by atoms with Crippen LogP contribution in [0.5, 0.6) is 17.2 Å². The number of nitrogens with zero attached hydrogens (tertiary/aromatic N) is 1. The number of halogens is 3. The molecule has 0 saturated carbocycles. The molecule has 2 heterocycles. The van der Waals surface area contributed by atoms with Gasteiger partial charge in [-0.1, -0.05) is 89.4 Å². The molecule has 58 heavy (non-hydrogen) atoms. The molecule has 1 unspecified atom stereocenters. The van der Waals surface area contributed by atoms with E-state index in [0.717, 1.165) is 16.7 Å². The maximum absolute atomic E-state index is 13.4. The summed E-state index contributed by atoms with van der Waals surface area (Å²) in [5.74, 6) is 0.657. The zero-order chi connectivity index (χ0) is 41.8. The predicted molar refractivity (Wildman–Crippen MR) is 222 cm³/mol. The van der Waals surface area contributed by atoms with Crippen molar-refractivity contribution in [3.8, 4) is 17.2 Å².